The van der Waals surface area contributed by atoms with E-state index in [1.165, 1.54) is 0 Å². The van der Waals surface area contributed by atoms with E-state index in [0.717, 1.165) is 16.5 Å². The van der Waals surface area contributed by atoms with Crippen molar-refractivity contribution in [3.05, 3.63) is 35.0 Å². The van der Waals surface area contributed by atoms with Crippen molar-refractivity contribution in [2.45, 2.75) is 27.2 Å². The fourth-order valence-corrected chi connectivity index (χ4v) is 2.32. The van der Waals surface area contributed by atoms with E-state index in [-0.39, 0.29) is 11.2 Å². The minimum Gasteiger partial charge on any atom is -0.350 e. The summed E-state index contributed by atoms with van der Waals surface area (Å²) in [6.45, 7) is 6.23. The molecule has 0 N–H and O–H groups in total. The molecule has 0 unspecified atom stereocenters. The highest BCUT2D eigenvalue weighted by Gasteiger charge is 2.20. The second-order valence-electron chi connectivity index (χ2n) is 5.98. The highest BCUT2D eigenvalue weighted by molar-refractivity contribution is 6.31. The summed E-state index contributed by atoms with van der Waals surface area (Å²) in [5.41, 5.74) is 1.80. The second-order valence-corrected chi connectivity index (χ2v) is 6.41. The van der Waals surface area contributed by atoms with Crippen molar-refractivity contribution in [2.24, 2.45) is 12.5 Å². The normalized spacial score (nSPS) is 12.1. The number of halogens is 1. The first kappa shape index (κ1) is 13.2. The number of ketones is 1. The quantitative estimate of drug-likeness (QED) is 0.734. The van der Waals surface area contributed by atoms with Crippen LogP contribution in [0.3, 0.4) is 0 Å². The third-order valence-electron chi connectivity index (χ3n) is 2.94. The van der Waals surface area contributed by atoms with Gasteiger partial charge in [0.2, 0.25) is 0 Å². The maximum atomic E-state index is 12.3. The molecule has 0 aliphatic carbocycles. The number of aryl methyl sites for hydroxylation is 1. The maximum Gasteiger partial charge on any atom is 0.165 e. The molecule has 0 saturated heterocycles. The number of Topliss-reactive ketones (excluding diaryl/α,β-unsaturated/α-hetero) is 1. The molecule has 0 fully saturated rings. The second kappa shape index (κ2) is 4.43. The third-order valence-corrected chi connectivity index (χ3v) is 3.18. The van der Waals surface area contributed by atoms with E-state index >= 15 is 0 Å². The van der Waals surface area contributed by atoms with Crippen LogP contribution in [0.4, 0.5) is 0 Å². The Kier molecular flexibility index (Phi) is 3.24. The Labute approximate surface area is 113 Å². The fourth-order valence-electron chi connectivity index (χ4n) is 2.16. The SMILES string of the molecule is Cn1cc(C(=O)CC(C)(C)C)c2ccc(Cl)cc21. The Morgan fingerprint density at radius 2 is 2.00 bits per heavy atom. The van der Waals surface area contributed by atoms with Crippen molar-refractivity contribution in [1.29, 1.82) is 0 Å². The van der Waals surface area contributed by atoms with Crippen LogP contribution in [0.25, 0.3) is 10.9 Å². The molecule has 0 radical (unpaired) electrons. The highest BCUT2D eigenvalue weighted by atomic mass is 35.5. The molecule has 96 valence electrons. The van der Waals surface area contributed by atoms with Crippen LogP contribution < -0.4 is 0 Å². The number of nitrogens with zero attached hydrogens (tertiary/aromatic N) is 1. The molecule has 2 rings (SSSR count). The van der Waals surface area contributed by atoms with E-state index in [4.69, 9.17) is 11.6 Å². The Bertz CT molecular complexity index is 605. The highest BCUT2D eigenvalue weighted by Crippen LogP contribution is 2.28. The Hall–Kier alpha value is -1.28. The first-order valence-electron chi connectivity index (χ1n) is 6.06. The van der Waals surface area contributed by atoms with Crippen LogP contribution in [-0.4, -0.2) is 10.4 Å². The third kappa shape index (κ3) is 2.59. The fraction of sp³-hybridized carbons (Fsp3) is 0.400. The van der Waals surface area contributed by atoms with E-state index < -0.39 is 0 Å². The summed E-state index contributed by atoms with van der Waals surface area (Å²) in [4.78, 5) is 12.3. The molecule has 0 spiro atoms. The average Bonchev–Trinajstić information content (AvgIpc) is 2.54. The zero-order chi connectivity index (χ0) is 13.5. The van der Waals surface area contributed by atoms with Crippen LogP contribution >= 0.6 is 11.6 Å². The van der Waals surface area contributed by atoms with Crippen LogP contribution in [0.2, 0.25) is 5.02 Å². The summed E-state index contributed by atoms with van der Waals surface area (Å²) in [5, 5.41) is 1.68. The van der Waals surface area contributed by atoms with E-state index in [2.05, 4.69) is 20.8 Å². The molecule has 1 aromatic heterocycles. The van der Waals surface area contributed by atoms with Crippen LogP contribution in [0.5, 0.6) is 0 Å². The number of aromatic nitrogens is 1. The maximum absolute atomic E-state index is 12.3. The summed E-state index contributed by atoms with van der Waals surface area (Å²) in [5.74, 6) is 0.190. The van der Waals surface area contributed by atoms with Gasteiger partial charge < -0.3 is 4.57 Å². The van der Waals surface area contributed by atoms with Crippen LogP contribution in [0.15, 0.2) is 24.4 Å². The summed E-state index contributed by atoms with van der Waals surface area (Å²) < 4.78 is 1.96. The van der Waals surface area contributed by atoms with Gasteiger partial charge in [0.25, 0.3) is 0 Å². The van der Waals surface area contributed by atoms with Gasteiger partial charge in [-0.2, -0.15) is 0 Å². The summed E-state index contributed by atoms with van der Waals surface area (Å²) in [6.07, 6.45) is 2.45. The van der Waals surface area contributed by atoms with E-state index in [1.807, 2.05) is 36.0 Å². The number of benzene rings is 1. The van der Waals surface area contributed by atoms with Gasteiger partial charge in [-0.3, -0.25) is 4.79 Å². The number of carbonyl (C=O) groups excluding carboxylic acids is 1. The summed E-state index contributed by atoms with van der Waals surface area (Å²) in [6, 6.07) is 5.65. The molecule has 0 aliphatic rings. The molecule has 2 aromatic rings. The zero-order valence-corrected chi connectivity index (χ0v) is 12.0. The largest absolute Gasteiger partial charge is 0.350 e. The van der Waals surface area contributed by atoms with Gasteiger partial charge in [-0.1, -0.05) is 38.4 Å². The number of carbonyl (C=O) groups is 1. The topological polar surface area (TPSA) is 22.0 Å². The van der Waals surface area contributed by atoms with Gasteiger partial charge in [-0.15, -0.1) is 0 Å². The molecule has 1 aromatic carbocycles. The van der Waals surface area contributed by atoms with E-state index in [9.17, 15) is 4.79 Å². The first-order valence-corrected chi connectivity index (χ1v) is 6.43. The Morgan fingerprint density at radius 3 is 2.61 bits per heavy atom. The van der Waals surface area contributed by atoms with Gasteiger partial charge in [0.1, 0.15) is 0 Å². The molecule has 3 heteroatoms. The molecule has 18 heavy (non-hydrogen) atoms. The van der Waals surface area contributed by atoms with Crippen LogP contribution in [0.1, 0.15) is 37.6 Å². The van der Waals surface area contributed by atoms with Gasteiger partial charge >= 0.3 is 0 Å². The number of fused-ring (bicyclic) bond motifs is 1. The average molecular weight is 264 g/mol. The predicted octanol–water partition coefficient (Wildman–Crippen LogP) is 4.45. The van der Waals surface area contributed by atoms with Crippen LogP contribution in [-0.2, 0) is 7.05 Å². The molecule has 0 atom stereocenters. The van der Waals surface area contributed by atoms with Crippen molar-refractivity contribution in [3.63, 3.8) is 0 Å². The van der Waals surface area contributed by atoms with Crippen molar-refractivity contribution in [1.82, 2.24) is 4.57 Å². The van der Waals surface area contributed by atoms with E-state index in [0.29, 0.717) is 11.4 Å². The molecule has 0 amide bonds. The van der Waals surface area contributed by atoms with Gasteiger partial charge in [-0.25, -0.2) is 0 Å². The lowest BCUT2D eigenvalue weighted by Gasteiger charge is -2.16. The van der Waals surface area contributed by atoms with Crippen molar-refractivity contribution in [3.8, 4) is 0 Å². The summed E-state index contributed by atoms with van der Waals surface area (Å²) >= 11 is 5.99. The molecule has 0 aliphatic heterocycles. The minimum atomic E-state index is 0.00563. The standard InChI is InChI=1S/C15H18ClNO/c1-15(2,3)8-14(18)12-9-17(4)13-7-10(16)5-6-11(12)13/h5-7,9H,8H2,1-4H3. The molecular formula is C15H18ClNO. The zero-order valence-electron chi connectivity index (χ0n) is 11.2. The molecule has 1 heterocycles. The lowest BCUT2D eigenvalue weighted by Crippen LogP contribution is -2.12. The smallest absolute Gasteiger partial charge is 0.165 e. The molecule has 0 saturated carbocycles. The monoisotopic (exact) mass is 263 g/mol. The molecule has 2 nitrogen and oxygen atoms in total. The summed E-state index contributed by atoms with van der Waals surface area (Å²) in [7, 11) is 1.94. The molecule has 0 bridgehead atoms. The van der Waals surface area contributed by atoms with Gasteiger partial charge in [0, 0.05) is 41.2 Å². The van der Waals surface area contributed by atoms with Crippen molar-refractivity contribution < 1.29 is 4.79 Å². The Morgan fingerprint density at radius 1 is 1.33 bits per heavy atom. The number of hydrogen-bond donors (Lipinski definition) is 0. The van der Waals surface area contributed by atoms with Gasteiger partial charge in [-0.05, 0) is 17.5 Å². The van der Waals surface area contributed by atoms with Gasteiger partial charge in [0.05, 0.1) is 0 Å². The Balaban J connectivity index is 2.49. The lowest BCUT2D eigenvalue weighted by molar-refractivity contribution is 0.0941. The minimum absolute atomic E-state index is 0.00563. The molecular weight excluding hydrogens is 246 g/mol. The first-order chi connectivity index (χ1) is 8.28. The van der Waals surface area contributed by atoms with Crippen molar-refractivity contribution in [2.75, 3.05) is 0 Å². The van der Waals surface area contributed by atoms with Gasteiger partial charge in [0.15, 0.2) is 5.78 Å². The number of hydrogen-bond acceptors (Lipinski definition) is 1. The predicted molar refractivity (Wildman–Crippen MR) is 76.3 cm³/mol. The number of rotatable bonds is 2. The van der Waals surface area contributed by atoms with E-state index in [1.54, 1.807) is 0 Å². The van der Waals surface area contributed by atoms with Crippen molar-refractivity contribution >= 4 is 28.3 Å². The lowest BCUT2D eigenvalue weighted by atomic mass is 9.88. The van der Waals surface area contributed by atoms with Crippen LogP contribution in [0, 0.1) is 5.41 Å².